The van der Waals surface area contributed by atoms with E-state index in [1.54, 1.807) is 28.6 Å². The zero-order valence-corrected chi connectivity index (χ0v) is 12.9. The van der Waals surface area contributed by atoms with Crippen LogP contribution >= 0.6 is 11.8 Å². The summed E-state index contributed by atoms with van der Waals surface area (Å²) in [5.74, 6) is 1.46. The molecule has 2 heterocycles. The van der Waals surface area contributed by atoms with Gasteiger partial charge < -0.3 is 0 Å². The zero-order valence-electron chi connectivity index (χ0n) is 11.3. The number of hydrogen-bond donors (Lipinski definition) is 0. The van der Waals surface area contributed by atoms with Crippen molar-refractivity contribution in [3.8, 4) is 0 Å². The van der Waals surface area contributed by atoms with Crippen LogP contribution in [0.25, 0.3) is 0 Å². The topological polar surface area (TPSA) is 64.8 Å². The number of rotatable bonds is 3. The standard InChI is InChI=1S/C13H15N3O2S2/c1-9-3-5-12(6-4-9)20(17,18)8-11-7-19-13-14-10(2)15-16(11)13/h3-6,11H,7-8H2,1-2H3/t11-/m0/s1. The van der Waals surface area contributed by atoms with Crippen molar-refractivity contribution in [1.82, 2.24) is 14.8 Å². The van der Waals surface area contributed by atoms with E-state index in [9.17, 15) is 8.42 Å². The van der Waals surface area contributed by atoms with Crippen molar-refractivity contribution < 1.29 is 8.42 Å². The molecule has 0 fully saturated rings. The lowest BCUT2D eigenvalue weighted by molar-refractivity contribution is 0.502. The van der Waals surface area contributed by atoms with Crippen LogP contribution in [0.1, 0.15) is 17.4 Å². The minimum absolute atomic E-state index is 0.0683. The fourth-order valence-electron chi connectivity index (χ4n) is 2.20. The van der Waals surface area contributed by atoms with Crippen LogP contribution in [0.15, 0.2) is 34.3 Å². The molecule has 106 valence electrons. The van der Waals surface area contributed by atoms with Gasteiger partial charge in [-0.15, -0.1) is 0 Å². The molecule has 0 spiro atoms. The first-order valence-electron chi connectivity index (χ1n) is 6.31. The molecule has 2 aromatic rings. The van der Waals surface area contributed by atoms with Crippen molar-refractivity contribution in [2.45, 2.75) is 29.9 Å². The maximum Gasteiger partial charge on any atom is 0.186 e. The predicted molar refractivity (Wildman–Crippen MR) is 77.8 cm³/mol. The third kappa shape index (κ3) is 2.47. The molecule has 7 heteroatoms. The van der Waals surface area contributed by atoms with Gasteiger partial charge in [0.05, 0.1) is 16.7 Å². The largest absolute Gasteiger partial charge is 0.235 e. The fourth-order valence-corrected chi connectivity index (χ4v) is 4.98. The van der Waals surface area contributed by atoms with Crippen LogP contribution in [0.4, 0.5) is 0 Å². The second-order valence-corrected chi connectivity index (χ2v) is 7.97. The molecule has 0 aliphatic carbocycles. The third-order valence-electron chi connectivity index (χ3n) is 3.25. The first kappa shape index (κ1) is 13.6. The van der Waals surface area contributed by atoms with Gasteiger partial charge in [0.15, 0.2) is 15.0 Å². The lowest BCUT2D eigenvalue weighted by atomic mass is 10.2. The number of benzene rings is 1. The Kier molecular flexibility index (Phi) is 3.33. The number of aromatic nitrogens is 3. The molecule has 1 aliphatic heterocycles. The van der Waals surface area contributed by atoms with Crippen LogP contribution in [0.5, 0.6) is 0 Å². The highest BCUT2D eigenvalue weighted by molar-refractivity contribution is 7.99. The van der Waals surface area contributed by atoms with Gasteiger partial charge >= 0.3 is 0 Å². The highest BCUT2D eigenvalue weighted by Gasteiger charge is 2.30. The number of sulfone groups is 1. The quantitative estimate of drug-likeness (QED) is 0.868. The maximum absolute atomic E-state index is 12.4. The summed E-state index contributed by atoms with van der Waals surface area (Å²) >= 11 is 1.56. The molecule has 1 aromatic carbocycles. The van der Waals surface area contributed by atoms with Crippen LogP contribution in [0, 0.1) is 13.8 Å². The summed E-state index contributed by atoms with van der Waals surface area (Å²) in [4.78, 5) is 4.65. The van der Waals surface area contributed by atoms with Crippen LogP contribution < -0.4 is 0 Å². The molecule has 5 nitrogen and oxygen atoms in total. The van der Waals surface area contributed by atoms with Crippen molar-refractivity contribution >= 4 is 21.6 Å². The van der Waals surface area contributed by atoms with Crippen molar-refractivity contribution in [3.05, 3.63) is 35.7 Å². The summed E-state index contributed by atoms with van der Waals surface area (Å²) in [6.45, 7) is 3.76. The zero-order chi connectivity index (χ0) is 14.3. The average molecular weight is 309 g/mol. The highest BCUT2D eigenvalue weighted by Crippen LogP contribution is 2.33. The van der Waals surface area contributed by atoms with Gasteiger partial charge in [-0.2, -0.15) is 5.10 Å². The van der Waals surface area contributed by atoms with Gasteiger partial charge in [0, 0.05) is 5.75 Å². The fraction of sp³-hybridized carbons (Fsp3) is 0.385. The molecule has 0 amide bonds. The Morgan fingerprint density at radius 3 is 2.70 bits per heavy atom. The first-order chi connectivity index (χ1) is 9.45. The number of aryl methyl sites for hydroxylation is 2. The van der Waals surface area contributed by atoms with Crippen LogP contribution in [0.2, 0.25) is 0 Å². The third-order valence-corrected chi connectivity index (χ3v) is 6.15. The van der Waals surface area contributed by atoms with Gasteiger partial charge in [-0.1, -0.05) is 29.5 Å². The van der Waals surface area contributed by atoms with Crippen LogP contribution in [0.3, 0.4) is 0 Å². The molecule has 0 unspecified atom stereocenters. The predicted octanol–water partition coefficient (Wildman–Crippen LogP) is 2.02. The Hall–Kier alpha value is -1.34. The molecular weight excluding hydrogens is 294 g/mol. The smallest absolute Gasteiger partial charge is 0.186 e. The molecule has 3 rings (SSSR count). The lowest BCUT2D eigenvalue weighted by Gasteiger charge is -2.11. The van der Waals surface area contributed by atoms with E-state index in [1.807, 2.05) is 26.0 Å². The maximum atomic E-state index is 12.4. The van der Waals surface area contributed by atoms with Gasteiger partial charge in [0.1, 0.15) is 5.82 Å². The highest BCUT2D eigenvalue weighted by atomic mass is 32.2. The van der Waals surface area contributed by atoms with Gasteiger partial charge in [-0.05, 0) is 26.0 Å². The van der Waals surface area contributed by atoms with E-state index in [0.29, 0.717) is 16.5 Å². The minimum atomic E-state index is -3.30. The summed E-state index contributed by atoms with van der Waals surface area (Å²) in [5.41, 5.74) is 1.05. The van der Waals surface area contributed by atoms with Crippen LogP contribution in [-0.2, 0) is 9.84 Å². The van der Waals surface area contributed by atoms with E-state index in [4.69, 9.17) is 0 Å². The molecule has 1 atom stereocenters. The molecular formula is C13H15N3O2S2. The van der Waals surface area contributed by atoms with Gasteiger partial charge in [-0.3, -0.25) is 0 Å². The second kappa shape index (κ2) is 4.89. The van der Waals surface area contributed by atoms with E-state index in [-0.39, 0.29) is 11.8 Å². The lowest BCUT2D eigenvalue weighted by Crippen LogP contribution is -2.20. The van der Waals surface area contributed by atoms with Gasteiger partial charge in [0.25, 0.3) is 0 Å². The molecule has 0 saturated heterocycles. The summed E-state index contributed by atoms with van der Waals surface area (Å²) in [5, 5.41) is 5.10. The van der Waals surface area contributed by atoms with E-state index < -0.39 is 9.84 Å². The van der Waals surface area contributed by atoms with Crippen molar-refractivity contribution in [3.63, 3.8) is 0 Å². The Labute approximate surface area is 122 Å². The Balaban J connectivity index is 1.86. The molecule has 1 aromatic heterocycles. The Morgan fingerprint density at radius 1 is 1.30 bits per heavy atom. The second-order valence-electron chi connectivity index (χ2n) is 4.95. The van der Waals surface area contributed by atoms with E-state index in [1.165, 1.54) is 0 Å². The summed E-state index contributed by atoms with van der Waals surface area (Å²) in [6, 6.07) is 6.84. The minimum Gasteiger partial charge on any atom is -0.235 e. The number of nitrogens with zero attached hydrogens (tertiary/aromatic N) is 3. The Bertz CT molecular complexity index is 735. The molecule has 0 N–H and O–H groups in total. The number of hydrogen-bond acceptors (Lipinski definition) is 5. The molecule has 1 aliphatic rings. The normalized spacial score (nSPS) is 18.2. The monoisotopic (exact) mass is 309 g/mol. The summed E-state index contributed by atoms with van der Waals surface area (Å²) in [6.07, 6.45) is 0. The van der Waals surface area contributed by atoms with Crippen molar-refractivity contribution in [2.24, 2.45) is 0 Å². The van der Waals surface area contributed by atoms with Crippen molar-refractivity contribution in [2.75, 3.05) is 11.5 Å². The molecule has 0 saturated carbocycles. The van der Waals surface area contributed by atoms with E-state index >= 15 is 0 Å². The number of thioether (sulfide) groups is 1. The molecule has 20 heavy (non-hydrogen) atoms. The van der Waals surface area contributed by atoms with Crippen LogP contribution in [-0.4, -0.2) is 34.7 Å². The molecule has 0 radical (unpaired) electrons. The average Bonchev–Trinajstić information content (AvgIpc) is 2.91. The molecule has 0 bridgehead atoms. The Morgan fingerprint density at radius 2 is 2.00 bits per heavy atom. The van der Waals surface area contributed by atoms with Crippen molar-refractivity contribution in [1.29, 1.82) is 0 Å². The summed E-state index contributed by atoms with van der Waals surface area (Å²) < 4.78 is 26.6. The summed E-state index contributed by atoms with van der Waals surface area (Å²) in [7, 11) is -3.30. The SMILES string of the molecule is Cc1ccc(S(=O)(=O)C[C@@H]2CSc3nc(C)nn32)cc1. The van der Waals surface area contributed by atoms with Gasteiger partial charge in [0.2, 0.25) is 0 Å². The van der Waals surface area contributed by atoms with E-state index in [2.05, 4.69) is 10.1 Å². The van der Waals surface area contributed by atoms with E-state index in [0.717, 1.165) is 10.7 Å². The first-order valence-corrected chi connectivity index (χ1v) is 8.95. The van der Waals surface area contributed by atoms with Gasteiger partial charge in [-0.25, -0.2) is 18.1 Å². The number of fused-ring (bicyclic) bond motifs is 1.